The fraction of sp³-hybridized carbons (Fsp3) is 0.667. The average Bonchev–Trinajstić information content (AvgIpc) is 2.39. The maximum absolute atomic E-state index is 4.61. The van der Waals surface area contributed by atoms with Gasteiger partial charge in [0.1, 0.15) is 5.82 Å². The van der Waals surface area contributed by atoms with Gasteiger partial charge in [0.25, 0.3) is 0 Å². The predicted molar refractivity (Wildman–Crippen MR) is 77.1 cm³/mol. The Hall–Kier alpha value is -1.09. The molecule has 2 rings (SSSR count). The van der Waals surface area contributed by atoms with Gasteiger partial charge in [-0.3, -0.25) is 0 Å². The van der Waals surface area contributed by atoms with Gasteiger partial charge in [0.2, 0.25) is 0 Å². The van der Waals surface area contributed by atoms with Gasteiger partial charge in [0.15, 0.2) is 0 Å². The second-order valence-corrected chi connectivity index (χ2v) is 5.31. The average molecular weight is 247 g/mol. The van der Waals surface area contributed by atoms with Crippen molar-refractivity contribution in [2.75, 3.05) is 18.5 Å². The van der Waals surface area contributed by atoms with Crippen LogP contribution in [0.4, 0.5) is 5.82 Å². The lowest BCUT2D eigenvalue weighted by Gasteiger charge is -2.35. The van der Waals surface area contributed by atoms with Crippen molar-refractivity contribution in [2.24, 2.45) is 0 Å². The van der Waals surface area contributed by atoms with Crippen molar-refractivity contribution in [3.8, 4) is 0 Å². The first-order valence-corrected chi connectivity index (χ1v) is 7.10. The molecule has 1 aromatic heterocycles. The lowest BCUT2D eigenvalue weighted by Crippen LogP contribution is -2.41. The van der Waals surface area contributed by atoms with E-state index in [0.29, 0.717) is 6.04 Å². The van der Waals surface area contributed by atoms with Crippen LogP contribution in [0.5, 0.6) is 0 Å². The molecular formula is C15H25N3. The molecule has 18 heavy (non-hydrogen) atoms. The largest absolute Gasteiger partial charge is 0.357 e. The van der Waals surface area contributed by atoms with Crippen LogP contribution in [0, 0.1) is 6.92 Å². The molecule has 0 saturated heterocycles. The van der Waals surface area contributed by atoms with Gasteiger partial charge in [-0.25, -0.2) is 4.98 Å². The molecule has 0 aliphatic heterocycles. The zero-order valence-electron chi connectivity index (χ0n) is 11.8. The van der Waals surface area contributed by atoms with Crippen LogP contribution in [-0.4, -0.2) is 30.7 Å². The quantitative estimate of drug-likeness (QED) is 0.886. The number of anilines is 1. The van der Waals surface area contributed by atoms with E-state index in [9.17, 15) is 0 Å². The molecule has 100 valence electrons. The summed E-state index contributed by atoms with van der Waals surface area (Å²) in [5, 5.41) is 3.56. The molecule has 0 unspecified atom stereocenters. The van der Waals surface area contributed by atoms with Crippen LogP contribution in [0.15, 0.2) is 18.2 Å². The van der Waals surface area contributed by atoms with E-state index < -0.39 is 0 Å². The molecule has 1 N–H and O–H groups in total. The topological polar surface area (TPSA) is 28.2 Å². The van der Waals surface area contributed by atoms with E-state index in [-0.39, 0.29) is 0 Å². The molecule has 0 atom stereocenters. The van der Waals surface area contributed by atoms with Crippen molar-refractivity contribution in [3.63, 3.8) is 0 Å². The number of aromatic nitrogens is 1. The van der Waals surface area contributed by atoms with Gasteiger partial charge in [-0.2, -0.15) is 0 Å². The van der Waals surface area contributed by atoms with Gasteiger partial charge in [0.05, 0.1) is 0 Å². The fourth-order valence-electron chi connectivity index (χ4n) is 2.87. The van der Waals surface area contributed by atoms with E-state index in [1.54, 1.807) is 0 Å². The standard InChI is InChI=1S/C15H25N3/c1-4-16-13-8-10-14(11-9-13)18(3)15-7-5-6-12(2)17-15/h5-7,13-14,16H,4,8-11H2,1-3H3. The van der Waals surface area contributed by atoms with E-state index in [0.717, 1.165) is 24.1 Å². The van der Waals surface area contributed by atoms with Gasteiger partial charge in [0, 0.05) is 24.8 Å². The van der Waals surface area contributed by atoms with E-state index in [1.165, 1.54) is 25.7 Å². The Balaban J connectivity index is 1.93. The Bertz CT molecular complexity index is 370. The lowest BCUT2D eigenvalue weighted by molar-refractivity contribution is 0.340. The third-order valence-corrected chi connectivity index (χ3v) is 3.97. The van der Waals surface area contributed by atoms with Crippen LogP contribution < -0.4 is 10.2 Å². The van der Waals surface area contributed by atoms with Crippen LogP contribution in [0.25, 0.3) is 0 Å². The summed E-state index contributed by atoms with van der Waals surface area (Å²) in [7, 11) is 2.18. The Kier molecular flexibility index (Phi) is 4.59. The van der Waals surface area contributed by atoms with Crippen molar-refractivity contribution in [1.29, 1.82) is 0 Å². The van der Waals surface area contributed by atoms with Crippen LogP contribution in [0.1, 0.15) is 38.3 Å². The number of pyridine rings is 1. The smallest absolute Gasteiger partial charge is 0.128 e. The maximum atomic E-state index is 4.61. The molecule has 1 aliphatic carbocycles. The van der Waals surface area contributed by atoms with E-state index >= 15 is 0 Å². The fourth-order valence-corrected chi connectivity index (χ4v) is 2.87. The van der Waals surface area contributed by atoms with Crippen LogP contribution in [0.2, 0.25) is 0 Å². The highest BCUT2D eigenvalue weighted by molar-refractivity contribution is 5.39. The number of nitrogens with one attached hydrogen (secondary N) is 1. The summed E-state index contributed by atoms with van der Waals surface area (Å²) in [5.41, 5.74) is 1.10. The van der Waals surface area contributed by atoms with E-state index in [1.807, 2.05) is 0 Å². The second-order valence-electron chi connectivity index (χ2n) is 5.31. The molecule has 3 nitrogen and oxygen atoms in total. The van der Waals surface area contributed by atoms with Crippen molar-refractivity contribution < 1.29 is 0 Å². The Morgan fingerprint density at radius 3 is 2.61 bits per heavy atom. The second kappa shape index (κ2) is 6.19. The monoisotopic (exact) mass is 247 g/mol. The molecule has 1 heterocycles. The first kappa shape index (κ1) is 13.3. The zero-order chi connectivity index (χ0) is 13.0. The van der Waals surface area contributed by atoms with Gasteiger partial charge >= 0.3 is 0 Å². The Morgan fingerprint density at radius 1 is 1.28 bits per heavy atom. The summed E-state index contributed by atoms with van der Waals surface area (Å²) in [5.74, 6) is 1.11. The summed E-state index contributed by atoms with van der Waals surface area (Å²) in [4.78, 5) is 6.97. The molecule has 0 bridgehead atoms. The van der Waals surface area contributed by atoms with Gasteiger partial charge in [-0.1, -0.05) is 13.0 Å². The van der Waals surface area contributed by atoms with Crippen molar-refractivity contribution in [2.45, 2.75) is 51.6 Å². The number of hydrogen-bond acceptors (Lipinski definition) is 3. The normalized spacial score (nSPS) is 23.9. The molecule has 0 aromatic carbocycles. The van der Waals surface area contributed by atoms with Crippen molar-refractivity contribution in [1.82, 2.24) is 10.3 Å². The highest BCUT2D eigenvalue weighted by Gasteiger charge is 2.24. The molecule has 1 fully saturated rings. The van der Waals surface area contributed by atoms with E-state index in [4.69, 9.17) is 0 Å². The van der Waals surface area contributed by atoms with Gasteiger partial charge in [-0.05, 0) is 51.3 Å². The summed E-state index contributed by atoms with van der Waals surface area (Å²) in [6.45, 7) is 5.33. The molecule has 3 heteroatoms. The van der Waals surface area contributed by atoms with Crippen molar-refractivity contribution >= 4 is 5.82 Å². The molecule has 0 radical (unpaired) electrons. The van der Waals surface area contributed by atoms with Gasteiger partial charge < -0.3 is 10.2 Å². The molecule has 1 aliphatic rings. The Labute approximate surface area is 111 Å². The maximum Gasteiger partial charge on any atom is 0.128 e. The highest BCUT2D eigenvalue weighted by atomic mass is 15.2. The molecule has 0 spiro atoms. The first-order valence-electron chi connectivity index (χ1n) is 7.10. The molecular weight excluding hydrogens is 222 g/mol. The molecule has 1 aromatic rings. The summed E-state index contributed by atoms with van der Waals surface area (Å²) in [6.07, 6.45) is 5.11. The Morgan fingerprint density at radius 2 is 2.00 bits per heavy atom. The third-order valence-electron chi connectivity index (χ3n) is 3.97. The number of hydrogen-bond donors (Lipinski definition) is 1. The third kappa shape index (κ3) is 3.22. The summed E-state index contributed by atoms with van der Waals surface area (Å²) in [6, 6.07) is 7.64. The zero-order valence-corrected chi connectivity index (χ0v) is 11.8. The minimum Gasteiger partial charge on any atom is -0.357 e. The van der Waals surface area contributed by atoms with Crippen molar-refractivity contribution in [3.05, 3.63) is 23.9 Å². The number of aryl methyl sites for hydroxylation is 1. The minimum absolute atomic E-state index is 0.647. The highest BCUT2D eigenvalue weighted by Crippen LogP contribution is 2.25. The van der Waals surface area contributed by atoms with Crippen LogP contribution >= 0.6 is 0 Å². The predicted octanol–water partition coefficient (Wildman–Crippen LogP) is 2.75. The van der Waals surface area contributed by atoms with Crippen LogP contribution in [0.3, 0.4) is 0 Å². The van der Waals surface area contributed by atoms with Crippen LogP contribution in [-0.2, 0) is 0 Å². The molecule has 0 amide bonds. The SMILES string of the molecule is CCNC1CCC(N(C)c2cccc(C)n2)CC1. The lowest BCUT2D eigenvalue weighted by atomic mass is 9.90. The molecule has 1 saturated carbocycles. The summed E-state index contributed by atoms with van der Waals surface area (Å²) < 4.78 is 0. The van der Waals surface area contributed by atoms with E-state index in [2.05, 4.69) is 54.3 Å². The first-order chi connectivity index (χ1) is 8.70. The summed E-state index contributed by atoms with van der Waals surface area (Å²) >= 11 is 0. The minimum atomic E-state index is 0.647. The number of rotatable bonds is 4. The van der Waals surface area contributed by atoms with Gasteiger partial charge in [-0.15, -0.1) is 0 Å². The number of nitrogens with zero attached hydrogens (tertiary/aromatic N) is 2.